The summed E-state index contributed by atoms with van der Waals surface area (Å²) >= 11 is 11.9. The highest BCUT2D eigenvalue weighted by molar-refractivity contribution is 6.30. The molecule has 0 radical (unpaired) electrons. The minimum Gasteiger partial charge on any atom is -0.493 e. The second-order valence-corrected chi connectivity index (χ2v) is 10.5. The van der Waals surface area contributed by atoms with Crippen LogP contribution in [0.25, 0.3) is 17.2 Å². The Labute approximate surface area is 244 Å². The molecule has 0 saturated heterocycles. The lowest BCUT2D eigenvalue weighted by Gasteiger charge is -2.15. The number of allylic oxidation sites excluding steroid dienone is 1. The van der Waals surface area contributed by atoms with Crippen molar-refractivity contribution in [3.8, 4) is 16.9 Å². The van der Waals surface area contributed by atoms with E-state index in [9.17, 15) is 14.7 Å². The van der Waals surface area contributed by atoms with Gasteiger partial charge in [-0.15, -0.1) is 0 Å². The number of aryl methyl sites for hydroxylation is 2. The Hall–Kier alpha value is -3.86. The lowest BCUT2D eigenvalue weighted by Crippen LogP contribution is -2.18. The zero-order valence-electron chi connectivity index (χ0n) is 22.1. The monoisotopic (exact) mass is 572 g/mol. The van der Waals surface area contributed by atoms with Gasteiger partial charge in [-0.05, 0) is 90.9 Å². The lowest BCUT2D eigenvalue weighted by atomic mass is 9.95. The molecule has 4 nitrogen and oxygen atoms in total. The van der Waals surface area contributed by atoms with Crippen LogP contribution in [0.15, 0.2) is 97.1 Å². The van der Waals surface area contributed by atoms with E-state index in [1.54, 1.807) is 30.3 Å². The average Bonchev–Trinajstić information content (AvgIpc) is 2.95. The Balaban J connectivity index is 1.34. The lowest BCUT2D eigenvalue weighted by molar-refractivity contribution is -0.142. The summed E-state index contributed by atoms with van der Waals surface area (Å²) in [5, 5.41) is 11.1. The van der Waals surface area contributed by atoms with Gasteiger partial charge in [0.15, 0.2) is 5.78 Å². The number of carboxylic acids is 1. The van der Waals surface area contributed by atoms with Gasteiger partial charge >= 0.3 is 5.97 Å². The van der Waals surface area contributed by atoms with Gasteiger partial charge in [0.2, 0.25) is 0 Å². The van der Waals surface area contributed by atoms with Crippen molar-refractivity contribution < 1.29 is 19.4 Å². The average molecular weight is 574 g/mol. The number of ketones is 1. The molecule has 0 heterocycles. The molecule has 0 saturated carbocycles. The van der Waals surface area contributed by atoms with Gasteiger partial charge < -0.3 is 9.84 Å². The van der Waals surface area contributed by atoms with Crippen LogP contribution in [0, 0.1) is 12.8 Å². The molecule has 0 aliphatic heterocycles. The highest BCUT2D eigenvalue weighted by Crippen LogP contribution is 2.25. The van der Waals surface area contributed by atoms with Crippen LogP contribution in [0.2, 0.25) is 10.0 Å². The smallest absolute Gasteiger partial charge is 0.306 e. The molecule has 0 bridgehead atoms. The molecule has 0 amide bonds. The number of benzene rings is 4. The number of hydrogen-bond acceptors (Lipinski definition) is 3. The van der Waals surface area contributed by atoms with E-state index >= 15 is 0 Å². The summed E-state index contributed by atoms with van der Waals surface area (Å²) in [6.45, 7) is 2.10. The first-order valence-electron chi connectivity index (χ1n) is 13.1. The molecule has 204 valence electrons. The molecular weight excluding hydrogens is 543 g/mol. The molecule has 40 heavy (non-hydrogen) atoms. The molecule has 1 unspecified atom stereocenters. The van der Waals surface area contributed by atoms with Crippen LogP contribution >= 0.6 is 23.2 Å². The normalized spacial score (nSPS) is 11.9. The third-order valence-corrected chi connectivity index (χ3v) is 7.19. The van der Waals surface area contributed by atoms with Crippen molar-refractivity contribution in [3.05, 3.63) is 129 Å². The zero-order chi connectivity index (χ0) is 28.5. The first-order valence-corrected chi connectivity index (χ1v) is 13.8. The summed E-state index contributed by atoms with van der Waals surface area (Å²) in [5.41, 5.74) is 5.46. The second-order valence-electron chi connectivity index (χ2n) is 9.66. The number of aliphatic carboxylic acids is 1. The van der Waals surface area contributed by atoms with Crippen LogP contribution in [0.1, 0.15) is 39.9 Å². The SMILES string of the molecule is Cc1ccc(OCCC(CCc2ccc(-c3ccc(Cl)cc3)cc2)C(=O)O)c(C(=O)/C=C/c2ccc(Cl)cc2)c1. The summed E-state index contributed by atoms with van der Waals surface area (Å²) in [7, 11) is 0. The Kier molecular flexibility index (Phi) is 10.2. The van der Waals surface area contributed by atoms with Crippen molar-refractivity contribution in [1.82, 2.24) is 0 Å². The Morgan fingerprint density at radius 1 is 0.825 bits per heavy atom. The highest BCUT2D eigenvalue weighted by atomic mass is 35.5. The Bertz CT molecular complexity index is 1470. The fraction of sp³-hybridized carbons (Fsp3) is 0.176. The van der Waals surface area contributed by atoms with Gasteiger partial charge in [0.05, 0.1) is 18.1 Å². The largest absolute Gasteiger partial charge is 0.493 e. The summed E-state index contributed by atoms with van der Waals surface area (Å²) in [5.74, 6) is -1.17. The third-order valence-electron chi connectivity index (χ3n) is 6.68. The number of carbonyl (C=O) groups is 2. The standard InChI is InChI=1S/C34H30Cl2O4/c1-23-2-19-33(31(22-23)32(37)18-8-25-6-14-29(35)15-7-25)40-21-20-28(34(38)39)11-5-24-3-9-26(10-4-24)27-12-16-30(36)17-13-27/h2-4,6-10,12-19,22,28H,5,11,20-21H2,1H3,(H,38,39)/b18-8+. The van der Waals surface area contributed by atoms with E-state index < -0.39 is 11.9 Å². The molecule has 0 aliphatic rings. The van der Waals surface area contributed by atoms with Crippen molar-refractivity contribution in [2.24, 2.45) is 5.92 Å². The number of hydrogen-bond donors (Lipinski definition) is 1. The maximum atomic E-state index is 13.0. The molecule has 0 spiro atoms. The number of carbonyl (C=O) groups excluding carboxylic acids is 1. The van der Waals surface area contributed by atoms with Gasteiger partial charge in [0.25, 0.3) is 0 Å². The number of carboxylic acid groups (broad SMARTS) is 1. The molecule has 0 fully saturated rings. The van der Waals surface area contributed by atoms with Crippen LogP contribution in [0.5, 0.6) is 5.75 Å². The van der Waals surface area contributed by atoms with Gasteiger partial charge in [-0.2, -0.15) is 0 Å². The van der Waals surface area contributed by atoms with Crippen molar-refractivity contribution in [3.63, 3.8) is 0 Å². The molecule has 4 rings (SSSR count). The van der Waals surface area contributed by atoms with Crippen molar-refractivity contribution >= 4 is 41.0 Å². The molecular formula is C34H30Cl2O4. The summed E-state index contributed by atoms with van der Waals surface area (Å²) < 4.78 is 5.94. The van der Waals surface area contributed by atoms with Gasteiger partial charge in [-0.1, -0.05) is 89.4 Å². The Morgan fingerprint density at radius 3 is 2.05 bits per heavy atom. The summed E-state index contributed by atoms with van der Waals surface area (Å²) in [6.07, 6.45) is 4.70. The molecule has 6 heteroatoms. The van der Waals surface area contributed by atoms with Crippen LogP contribution in [0.4, 0.5) is 0 Å². The van der Waals surface area contributed by atoms with Crippen LogP contribution in [0.3, 0.4) is 0 Å². The van der Waals surface area contributed by atoms with E-state index in [0.717, 1.165) is 27.8 Å². The first kappa shape index (κ1) is 29.1. The number of halogens is 2. The van der Waals surface area contributed by atoms with E-state index in [0.29, 0.717) is 40.6 Å². The summed E-state index contributed by atoms with van der Waals surface area (Å²) in [6, 6.07) is 28.4. The topological polar surface area (TPSA) is 63.6 Å². The number of rotatable bonds is 12. The third kappa shape index (κ3) is 8.32. The molecule has 0 aromatic heterocycles. The van der Waals surface area contributed by atoms with E-state index in [4.69, 9.17) is 27.9 Å². The minimum absolute atomic E-state index is 0.189. The van der Waals surface area contributed by atoms with E-state index in [1.807, 2.05) is 73.7 Å². The van der Waals surface area contributed by atoms with Gasteiger partial charge in [-0.3, -0.25) is 9.59 Å². The summed E-state index contributed by atoms with van der Waals surface area (Å²) in [4.78, 5) is 24.9. The molecule has 1 atom stereocenters. The van der Waals surface area contributed by atoms with Crippen molar-refractivity contribution in [2.75, 3.05) is 6.61 Å². The fourth-order valence-electron chi connectivity index (χ4n) is 4.35. The quantitative estimate of drug-likeness (QED) is 0.136. The molecule has 4 aromatic carbocycles. The number of ether oxygens (including phenoxy) is 1. The van der Waals surface area contributed by atoms with Crippen LogP contribution < -0.4 is 4.74 Å². The van der Waals surface area contributed by atoms with Gasteiger partial charge in [-0.25, -0.2) is 0 Å². The second kappa shape index (κ2) is 14.0. The zero-order valence-corrected chi connectivity index (χ0v) is 23.7. The Morgan fingerprint density at radius 2 is 1.43 bits per heavy atom. The molecule has 1 N–H and O–H groups in total. The maximum Gasteiger partial charge on any atom is 0.306 e. The van der Waals surface area contributed by atoms with E-state index in [2.05, 4.69) is 0 Å². The van der Waals surface area contributed by atoms with E-state index in [-0.39, 0.29) is 12.4 Å². The fourth-order valence-corrected chi connectivity index (χ4v) is 4.60. The maximum absolute atomic E-state index is 13.0. The molecule has 0 aliphatic carbocycles. The predicted molar refractivity (Wildman–Crippen MR) is 162 cm³/mol. The first-order chi connectivity index (χ1) is 19.3. The highest BCUT2D eigenvalue weighted by Gasteiger charge is 2.18. The van der Waals surface area contributed by atoms with E-state index in [1.165, 1.54) is 6.08 Å². The minimum atomic E-state index is -0.854. The molecule has 4 aromatic rings. The van der Waals surface area contributed by atoms with Crippen molar-refractivity contribution in [2.45, 2.75) is 26.2 Å². The van der Waals surface area contributed by atoms with Crippen LogP contribution in [-0.4, -0.2) is 23.5 Å². The van der Waals surface area contributed by atoms with Gasteiger partial charge in [0, 0.05) is 10.0 Å². The predicted octanol–water partition coefficient (Wildman–Crippen LogP) is 8.97. The van der Waals surface area contributed by atoms with Crippen LogP contribution in [-0.2, 0) is 11.2 Å². The van der Waals surface area contributed by atoms with Crippen molar-refractivity contribution in [1.29, 1.82) is 0 Å². The van der Waals surface area contributed by atoms with Gasteiger partial charge in [0.1, 0.15) is 5.75 Å².